The maximum absolute atomic E-state index is 13.8. The van der Waals surface area contributed by atoms with E-state index in [9.17, 15) is 19.2 Å². The van der Waals surface area contributed by atoms with Crippen molar-refractivity contribution in [2.24, 2.45) is 5.92 Å². The topological polar surface area (TPSA) is 120 Å². The van der Waals surface area contributed by atoms with Gasteiger partial charge in [-0.15, -0.1) is 0 Å². The van der Waals surface area contributed by atoms with Gasteiger partial charge in [-0.1, -0.05) is 80.6 Å². The Hall–Kier alpha value is -4.66. The van der Waals surface area contributed by atoms with Gasteiger partial charge in [-0.3, -0.25) is 4.79 Å². The number of esters is 2. The van der Waals surface area contributed by atoms with E-state index in [1.54, 1.807) is 26.8 Å². The number of amides is 2. The van der Waals surface area contributed by atoms with Crippen LogP contribution >= 0.6 is 0 Å². The Labute approximate surface area is 246 Å². The van der Waals surface area contributed by atoms with Gasteiger partial charge in [0, 0.05) is 5.56 Å². The van der Waals surface area contributed by atoms with Crippen molar-refractivity contribution in [3.63, 3.8) is 0 Å². The molecule has 0 spiro atoms. The summed E-state index contributed by atoms with van der Waals surface area (Å²) in [6.45, 7) is 8.99. The minimum absolute atomic E-state index is 0.0249. The zero-order valence-corrected chi connectivity index (χ0v) is 24.9. The molecule has 9 nitrogen and oxygen atoms in total. The molecule has 9 heteroatoms. The Morgan fingerprint density at radius 3 is 2.02 bits per heavy atom. The summed E-state index contributed by atoms with van der Waals surface area (Å²) in [4.78, 5) is 52.8. The quantitative estimate of drug-likeness (QED) is 0.213. The summed E-state index contributed by atoms with van der Waals surface area (Å²) in [5, 5.41) is 5.47. The van der Waals surface area contributed by atoms with Crippen molar-refractivity contribution in [3.8, 4) is 11.1 Å². The third kappa shape index (κ3) is 8.92. The predicted octanol–water partition coefficient (Wildman–Crippen LogP) is 6.38. The summed E-state index contributed by atoms with van der Waals surface area (Å²) in [5.41, 5.74) is 0.967. The van der Waals surface area contributed by atoms with E-state index in [1.807, 2.05) is 74.5 Å². The molecule has 42 heavy (non-hydrogen) atoms. The van der Waals surface area contributed by atoms with Crippen molar-refractivity contribution >= 4 is 29.6 Å². The molecule has 3 rings (SSSR count). The molecule has 2 amide bonds. The number of ether oxygens (including phenoxy) is 3. The first-order chi connectivity index (χ1) is 19.9. The largest absolute Gasteiger partial charge is 0.465 e. The van der Waals surface area contributed by atoms with Crippen molar-refractivity contribution in [3.05, 3.63) is 89.5 Å². The number of carbonyl (C=O) groups excluding carboxylic acids is 4. The highest BCUT2D eigenvalue weighted by molar-refractivity contribution is 6.13. The van der Waals surface area contributed by atoms with E-state index in [1.165, 1.54) is 13.2 Å². The fourth-order valence-electron chi connectivity index (χ4n) is 4.23. The minimum Gasteiger partial charge on any atom is -0.465 e. The third-order valence-corrected chi connectivity index (χ3v) is 6.08. The smallest absolute Gasteiger partial charge is 0.408 e. The molecule has 3 aromatic rings. The van der Waals surface area contributed by atoms with E-state index >= 15 is 0 Å². The normalized spacial score (nSPS) is 11.8. The van der Waals surface area contributed by atoms with Crippen LogP contribution < -0.4 is 10.6 Å². The summed E-state index contributed by atoms with van der Waals surface area (Å²) in [6, 6.07) is 20.3. The Bertz CT molecular complexity index is 1400. The molecule has 0 bridgehead atoms. The van der Waals surface area contributed by atoms with E-state index in [-0.39, 0.29) is 35.8 Å². The number of hydrogen-bond donors (Lipinski definition) is 2. The molecular formula is C33H38N2O7. The summed E-state index contributed by atoms with van der Waals surface area (Å²) in [7, 11) is 1.19. The molecule has 0 aromatic heterocycles. The molecule has 3 aromatic carbocycles. The van der Waals surface area contributed by atoms with Crippen LogP contribution in [0.1, 0.15) is 67.3 Å². The monoisotopic (exact) mass is 574 g/mol. The molecular weight excluding hydrogens is 536 g/mol. The van der Waals surface area contributed by atoms with Crippen molar-refractivity contribution in [2.75, 3.05) is 12.4 Å². The molecule has 0 radical (unpaired) electrons. The number of alkyl carbamates (subject to hydrolysis) is 1. The molecule has 0 fully saturated rings. The van der Waals surface area contributed by atoms with Gasteiger partial charge in [0.25, 0.3) is 0 Å². The van der Waals surface area contributed by atoms with Crippen LogP contribution in [0.25, 0.3) is 11.1 Å². The highest BCUT2D eigenvalue weighted by Gasteiger charge is 2.31. The first kappa shape index (κ1) is 31.9. The number of nitrogens with one attached hydrogen (secondary N) is 2. The molecule has 0 saturated carbocycles. The van der Waals surface area contributed by atoms with Gasteiger partial charge in [-0.25, -0.2) is 14.4 Å². The number of anilines is 1. The fourth-order valence-corrected chi connectivity index (χ4v) is 4.23. The molecule has 0 unspecified atom stereocenters. The molecule has 0 heterocycles. The lowest BCUT2D eigenvalue weighted by Gasteiger charge is -2.24. The Kier molecular flexibility index (Phi) is 10.8. The van der Waals surface area contributed by atoms with Gasteiger partial charge in [0.05, 0.1) is 23.9 Å². The molecule has 0 saturated heterocycles. The summed E-state index contributed by atoms with van der Waals surface area (Å²) in [5.74, 6) is -2.15. The van der Waals surface area contributed by atoms with Crippen LogP contribution in [0.15, 0.2) is 72.8 Å². The van der Waals surface area contributed by atoms with Crippen molar-refractivity contribution in [1.82, 2.24) is 5.32 Å². The maximum Gasteiger partial charge on any atom is 0.408 e. The average Bonchev–Trinajstić information content (AvgIpc) is 2.95. The molecule has 1 atom stereocenters. The van der Waals surface area contributed by atoms with Crippen LogP contribution in [0, 0.1) is 5.92 Å². The van der Waals surface area contributed by atoms with Crippen molar-refractivity contribution in [2.45, 2.75) is 59.3 Å². The number of methoxy groups -OCH3 is 1. The second-order valence-electron chi connectivity index (χ2n) is 11.1. The van der Waals surface area contributed by atoms with Crippen LogP contribution in [-0.4, -0.2) is 42.7 Å². The van der Waals surface area contributed by atoms with E-state index in [4.69, 9.17) is 14.2 Å². The van der Waals surface area contributed by atoms with Gasteiger partial charge < -0.3 is 24.8 Å². The SMILES string of the molecule is COC(=O)c1c(C(=O)OC(C)(C)C)ccc(-c2ccccc2)c1NC(=O)[C@H](CC(C)C)NC(=O)OCc1ccccc1. The van der Waals surface area contributed by atoms with E-state index in [2.05, 4.69) is 10.6 Å². The molecule has 0 aliphatic carbocycles. The summed E-state index contributed by atoms with van der Waals surface area (Å²) in [6.07, 6.45) is -0.481. The highest BCUT2D eigenvalue weighted by atomic mass is 16.6. The van der Waals surface area contributed by atoms with Gasteiger partial charge in [0.1, 0.15) is 18.2 Å². The second kappa shape index (κ2) is 14.3. The van der Waals surface area contributed by atoms with Gasteiger partial charge in [-0.2, -0.15) is 0 Å². The second-order valence-corrected chi connectivity index (χ2v) is 11.1. The van der Waals surface area contributed by atoms with Gasteiger partial charge in [-0.05, 0) is 50.3 Å². The van der Waals surface area contributed by atoms with Gasteiger partial charge >= 0.3 is 18.0 Å². The van der Waals surface area contributed by atoms with Crippen LogP contribution in [0.2, 0.25) is 0 Å². The number of carbonyl (C=O) groups is 4. The lowest BCUT2D eigenvalue weighted by Crippen LogP contribution is -2.45. The molecule has 0 aliphatic rings. The lowest BCUT2D eigenvalue weighted by atomic mass is 9.95. The van der Waals surface area contributed by atoms with Crippen LogP contribution in [0.5, 0.6) is 0 Å². The number of hydrogen-bond acceptors (Lipinski definition) is 7. The fraction of sp³-hybridized carbons (Fsp3) is 0.333. The standard InChI is InChI=1S/C33H38N2O7/c1-21(2)19-26(34-32(39)41-20-22-13-9-7-10-14-22)29(36)35-28-24(23-15-11-8-12-16-23)17-18-25(27(28)31(38)40-6)30(37)42-33(3,4)5/h7-18,21,26H,19-20H2,1-6H3,(H,34,39)(H,35,36)/t26-/m0/s1. The van der Waals surface area contributed by atoms with Crippen LogP contribution in [-0.2, 0) is 25.6 Å². The Morgan fingerprint density at radius 1 is 0.833 bits per heavy atom. The molecule has 0 aliphatic heterocycles. The van der Waals surface area contributed by atoms with E-state index < -0.39 is 35.6 Å². The summed E-state index contributed by atoms with van der Waals surface area (Å²) < 4.78 is 15.9. The van der Waals surface area contributed by atoms with E-state index in [0.29, 0.717) is 11.1 Å². The van der Waals surface area contributed by atoms with Gasteiger partial charge in [0.2, 0.25) is 5.91 Å². The van der Waals surface area contributed by atoms with Crippen LogP contribution in [0.3, 0.4) is 0 Å². The molecule has 2 N–H and O–H groups in total. The number of benzene rings is 3. The van der Waals surface area contributed by atoms with E-state index in [0.717, 1.165) is 5.56 Å². The summed E-state index contributed by atoms with van der Waals surface area (Å²) >= 11 is 0. The third-order valence-electron chi connectivity index (χ3n) is 6.08. The highest BCUT2D eigenvalue weighted by Crippen LogP contribution is 2.35. The van der Waals surface area contributed by atoms with Crippen molar-refractivity contribution < 1.29 is 33.4 Å². The predicted molar refractivity (Wildman–Crippen MR) is 160 cm³/mol. The maximum atomic E-state index is 13.8. The first-order valence-corrected chi connectivity index (χ1v) is 13.7. The zero-order valence-electron chi connectivity index (χ0n) is 24.9. The van der Waals surface area contributed by atoms with Crippen molar-refractivity contribution in [1.29, 1.82) is 0 Å². The minimum atomic E-state index is -1.01. The Balaban J connectivity index is 2.02. The average molecular weight is 575 g/mol. The zero-order chi connectivity index (χ0) is 30.9. The Morgan fingerprint density at radius 2 is 1.45 bits per heavy atom. The lowest BCUT2D eigenvalue weighted by molar-refractivity contribution is -0.118. The molecule has 222 valence electrons. The number of rotatable bonds is 10. The van der Waals surface area contributed by atoms with Gasteiger partial charge in [0.15, 0.2) is 0 Å². The first-order valence-electron chi connectivity index (χ1n) is 13.7. The van der Waals surface area contributed by atoms with Crippen LogP contribution in [0.4, 0.5) is 10.5 Å².